The molecule has 2 rings (SSSR count). The van der Waals surface area contributed by atoms with E-state index in [1.54, 1.807) is 13.8 Å². The van der Waals surface area contributed by atoms with Crippen molar-refractivity contribution < 1.29 is 14.3 Å². The maximum Gasteiger partial charge on any atom is 0.339 e. The van der Waals surface area contributed by atoms with E-state index < -0.39 is 11.8 Å². The standard InChI is InChI=1S/C13H12ClFN2O2/c1-7-12(13(18)19)8(2)17(16-7)6-9-5-10(14)3-4-11(9)15/h3-5H,6H2,1-2H3,(H,18,19). The first-order valence-electron chi connectivity index (χ1n) is 5.61. The molecule has 0 bridgehead atoms. The molecule has 4 nitrogen and oxygen atoms in total. The molecule has 100 valence electrons. The van der Waals surface area contributed by atoms with Gasteiger partial charge in [-0.05, 0) is 32.0 Å². The van der Waals surface area contributed by atoms with Gasteiger partial charge in [-0.1, -0.05) is 11.6 Å². The number of aromatic nitrogens is 2. The predicted molar refractivity (Wildman–Crippen MR) is 69.2 cm³/mol. The third-order valence-electron chi connectivity index (χ3n) is 2.92. The van der Waals surface area contributed by atoms with Crippen molar-refractivity contribution in [3.05, 3.63) is 51.6 Å². The van der Waals surface area contributed by atoms with Gasteiger partial charge in [0.1, 0.15) is 11.4 Å². The molecule has 0 aliphatic heterocycles. The molecule has 0 spiro atoms. The summed E-state index contributed by atoms with van der Waals surface area (Å²) in [7, 11) is 0. The van der Waals surface area contributed by atoms with Crippen molar-refractivity contribution in [2.75, 3.05) is 0 Å². The fourth-order valence-corrected chi connectivity index (χ4v) is 2.18. The summed E-state index contributed by atoms with van der Waals surface area (Å²) >= 11 is 5.82. The van der Waals surface area contributed by atoms with E-state index in [9.17, 15) is 9.18 Å². The Balaban J connectivity index is 2.42. The highest BCUT2D eigenvalue weighted by molar-refractivity contribution is 6.30. The first-order chi connectivity index (χ1) is 8.90. The molecule has 0 unspecified atom stereocenters. The summed E-state index contributed by atoms with van der Waals surface area (Å²) in [6, 6.07) is 4.25. The summed E-state index contributed by atoms with van der Waals surface area (Å²) in [6.45, 7) is 3.40. The fourth-order valence-electron chi connectivity index (χ4n) is 1.99. The Morgan fingerprint density at radius 1 is 1.47 bits per heavy atom. The topological polar surface area (TPSA) is 55.1 Å². The second-order valence-corrected chi connectivity index (χ2v) is 4.68. The molecule has 1 aromatic heterocycles. The summed E-state index contributed by atoms with van der Waals surface area (Å²) < 4.78 is 15.1. The van der Waals surface area contributed by atoms with E-state index >= 15 is 0 Å². The number of hydrogen-bond donors (Lipinski definition) is 1. The molecule has 1 aromatic carbocycles. The van der Waals surface area contributed by atoms with Crippen molar-refractivity contribution in [1.29, 1.82) is 0 Å². The maximum atomic E-state index is 13.6. The number of carboxylic acid groups (broad SMARTS) is 1. The zero-order valence-corrected chi connectivity index (χ0v) is 11.2. The smallest absolute Gasteiger partial charge is 0.339 e. The second kappa shape index (κ2) is 5.01. The predicted octanol–water partition coefficient (Wildman–Crippen LogP) is 3.04. The molecule has 1 N–H and O–H groups in total. The fraction of sp³-hybridized carbons (Fsp3) is 0.231. The van der Waals surface area contributed by atoms with Gasteiger partial charge in [0.2, 0.25) is 0 Å². The lowest BCUT2D eigenvalue weighted by molar-refractivity contribution is 0.0695. The van der Waals surface area contributed by atoms with E-state index in [2.05, 4.69) is 5.10 Å². The van der Waals surface area contributed by atoms with E-state index in [4.69, 9.17) is 16.7 Å². The van der Waals surface area contributed by atoms with Crippen LogP contribution >= 0.6 is 11.6 Å². The quantitative estimate of drug-likeness (QED) is 0.941. The lowest BCUT2D eigenvalue weighted by Crippen LogP contribution is -2.07. The normalized spacial score (nSPS) is 10.7. The minimum absolute atomic E-state index is 0.145. The van der Waals surface area contributed by atoms with Crippen LogP contribution in [0.3, 0.4) is 0 Å². The van der Waals surface area contributed by atoms with Gasteiger partial charge >= 0.3 is 5.97 Å². The van der Waals surface area contributed by atoms with Crippen molar-refractivity contribution in [2.45, 2.75) is 20.4 Å². The third-order valence-corrected chi connectivity index (χ3v) is 3.16. The van der Waals surface area contributed by atoms with Crippen molar-refractivity contribution in [3.8, 4) is 0 Å². The Hall–Kier alpha value is -1.88. The Kier molecular flexibility index (Phi) is 3.57. The zero-order chi connectivity index (χ0) is 14.2. The highest BCUT2D eigenvalue weighted by atomic mass is 35.5. The van der Waals surface area contributed by atoms with Gasteiger partial charge in [0.05, 0.1) is 17.9 Å². The number of carbonyl (C=O) groups is 1. The number of aryl methyl sites for hydroxylation is 1. The molecule has 6 heteroatoms. The van der Waals surface area contributed by atoms with Crippen molar-refractivity contribution in [2.24, 2.45) is 0 Å². The van der Waals surface area contributed by atoms with Gasteiger partial charge in [0.15, 0.2) is 0 Å². The minimum Gasteiger partial charge on any atom is -0.478 e. The Bertz CT molecular complexity index is 652. The zero-order valence-electron chi connectivity index (χ0n) is 10.4. The van der Waals surface area contributed by atoms with Crippen molar-refractivity contribution in [3.63, 3.8) is 0 Å². The van der Waals surface area contributed by atoms with Gasteiger partial charge in [-0.25, -0.2) is 9.18 Å². The van der Waals surface area contributed by atoms with Crippen LogP contribution < -0.4 is 0 Å². The summed E-state index contributed by atoms with van der Waals surface area (Å²) in [6.07, 6.45) is 0. The molecule has 0 fully saturated rings. The molecule has 1 heterocycles. The largest absolute Gasteiger partial charge is 0.478 e. The molecule has 0 atom stereocenters. The number of rotatable bonds is 3. The van der Waals surface area contributed by atoms with Crippen LogP contribution in [-0.2, 0) is 6.54 Å². The van der Waals surface area contributed by atoms with Gasteiger partial charge in [-0.2, -0.15) is 5.10 Å². The van der Waals surface area contributed by atoms with Crippen LogP contribution in [-0.4, -0.2) is 20.9 Å². The SMILES string of the molecule is Cc1nn(Cc2cc(Cl)ccc2F)c(C)c1C(=O)O. The molecule has 19 heavy (non-hydrogen) atoms. The van der Waals surface area contributed by atoms with Crippen molar-refractivity contribution in [1.82, 2.24) is 9.78 Å². The third kappa shape index (κ3) is 2.61. The van der Waals surface area contributed by atoms with E-state index in [-0.39, 0.29) is 12.1 Å². The van der Waals surface area contributed by atoms with Crippen LogP contribution in [0.4, 0.5) is 4.39 Å². The van der Waals surface area contributed by atoms with E-state index in [1.807, 2.05) is 0 Å². The summed E-state index contributed by atoms with van der Waals surface area (Å²) in [5.41, 5.74) is 1.43. The number of benzene rings is 1. The summed E-state index contributed by atoms with van der Waals surface area (Å²) in [5.74, 6) is -1.43. The molecular weight excluding hydrogens is 271 g/mol. The Morgan fingerprint density at radius 2 is 2.16 bits per heavy atom. The van der Waals surface area contributed by atoms with Gasteiger partial charge in [-0.15, -0.1) is 0 Å². The lowest BCUT2D eigenvalue weighted by atomic mass is 10.2. The summed E-state index contributed by atoms with van der Waals surface area (Å²) in [4.78, 5) is 11.1. The first-order valence-corrected chi connectivity index (χ1v) is 5.99. The van der Waals surface area contributed by atoms with E-state index in [1.165, 1.54) is 22.9 Å². The maximum absolute atomic E-state index is 13.6. The highest BCUT2D eigenvalue weighted by Gasteiger charge is 2.18. The van der Waals surface area contributed by atoms with Crippen LogP contribution in [0.15, 0.2) is 18.2 Å². The minimum atomic E-state index is -1.03. The molecule has 0 amide bonds. The molecule has 0 saturated carbocycles. The van der Waals surface area contributed by atoms with Crippen molar-refractivity contribution >= 4 is 17.6 Å². The first kappa shape index (κ1) is 13.5. The van der Waals surface area contributed by atoms with E-state index in [0.29, 0.717) is 22.0 Å². The number of halogens is 2. The monoisotopic (exact) mass is 282 g/mol. The van der Waals surface area contributed by atoms with Gasteiger partial charge in [0, 0.05) is 10.6 Å². The Morgan fingerprint density at radius 3 is 2.74 bits per heavy atom. The summed E-state index contributed by atoms with van der Waals surface area (Å²) in [5, 5.41) is 13.6. The number of carboxylic acids is 1. The lowest BCUT2D eigenvalue weighted by Gasteiger charge is -2.06. The number of aromatic carboxylic acids is 1. The molecule has 0 aliphatic rings. The molecular formula is C13H12ClFN2O2. The van der Waals surface area contributed by atoms with Crippen LogP contribution in [0.25, 0.3) is 0 Å². The van der Waals surface area contributed by atoms with Crippen LogP contribution in [0.2, 0.25) is 5.02 Å². The van der Waals surface area contributed by atoms with Gasteiger partial charge < -0.3 is 5.11 Å². The van der Waals surface area contributed by atoms with Crippen LogP contribution in [0.5, 0.6) is 0 Å². The average Bonchev–Trinajstić information content (AvgIpc) is 2.59. The van der Waals surface area contributed by atoms with Gasteiger partial charge in [0.25, 0.3) is 0 Å². The van der Waals surface area contributed by atoms with Gasteiger partial charge in [-0.3, -0.25) is 4.68 Å². The molecule has 0 radical (unpaired) electrons. The highest BCUT2D eigenvalue weighted by Crippen LogP contribution is 2.19. The number of hydrogen-bond acceptors (Lipinski definition) is 2. The molecule has 2 aromatic rings. The Labute approximate surface area is 114 Å². The van der Waals surface area contributed by atoms with E-state index in [0.717, 1.165) is 0 Å². The van der Waals surface area contributed by atoms with Crippen LogP contribution in [0.1, 0.15) is 27.3 Å². The molecule has 0 saturated heterocycles. The molecule has 0 aliphatic carbocycles. The number of nitrogens with zero attached hydrogens (tertiary/aromatic N) is 2. The average molecular weight is 283 g/mol. The van der Waals surface area contributed by atoms with Crippen LogP contribution in [0, 0.1) is 19.7 Å². The second-order valence-electron chi connectivity index (χ2n) is 4.24.